The SMILES string of the molecule is Cc1c(Cl)c([N+](=O)[O-])nn1CC(=O)NC1CCCC1. The number of nitrogens with zero attached hydrogens (tertiary/aromatic N) is 3. The smallest absolute Gasteiger partial charge is 0.358 e. The maximum atomic E-state index is 11.8. The molecule has 1 heterocycles. The lowest BCUT2D eigenvalue weighted by Gasteiger charge is -2.11. The molecule has 0 aliphatic heterocycles. The molecule has 19 heavy (non-hydrogen) atoms. The normalized spacial score (nSPS) is 15.7. The number of amides is 1. The number of hydrogen-bond donors (Lipinski definition) is 1. The molecule has 7 nitrogen and oxygen atoms in total. The number of carbonyl (C=O) groups is 1. The Labute approximate surface area is 115 Å². The predicted octanol–water partition coefficient (Wildman–Crippen LogP) is 1.81. The largest absolute Gasteiger partial charge is 0.408 e. The average Bonchev–Trinajstić information content (AvgIpc) is 2.92. The van der Waals surface area contributed by atoms with E-state index in [1.54, 1.807) is 6.92 Å². The molecule has 1 aliphatic rings. The molecule has 0 bridgehead atoms. The first-order valence-electron chi connectivity index (χ1n) is 6.15. The lowest BCUT2D eigenvalue weighted by molar-refractivity contribution is -0.389. The van der Waals surface area contributed by atoms with E-state index in [-0.39, 0.29) is 23.5 Å². The highest BCUT2D eigenvalue weighted by atomic mass is 35.5. The van der Waals surface area contributed by atoms with Crippen molar-refractivity contribution in [1.29, 1.82) is 0 Å². The summed E-state index contributed by atoms with van der Waals surface area (Å²) < 4.78 is 1.27. The number of carbonyl (C=O) groups excluding carboxylic acids is 1. The summed E-state index contributed by atoms with van der Waals surface area (Å²) in [6, 6.07) is 0.217. The molecule has 1 N–H and O–H groups in total. The van der Waals surface area contributed by atoms with Crippen LogP contribution in [0.15, 0.2) is 0 Å². The van der Waals surface area contributed by atoms with Crippen molar-refractivity contribution in [1.82, 2.24) is 15.1 Å². The van der Waals surface area contributed by atoms with E-state index in [9.17, 15) is 14.9 Å². The van der Waals surface area contributed by atoms with Crippen molar-refractivity contribution in [2.24, 2.45) is 0 Å². The van der Waals surface area contributed by atoms with E-state index in [0.29, 0.717) is 5.69 Å². The Balaban J connectivity index is 2.04. The van der Waals surface area contributed by atoms with Crippen LogP contribution < -0.4 is 5.32 Å². The van der Waals surface area contributed by atoms with Crippen molar-refractivity contribution in [2.45, 2.75) is 45.2 Å². The van der Waals surface area contributed by atoms with Crippen LogP contribution in [0.3, 0.4) is 0 Å². The Morgan fingerprint density at radius 3 is 2.74 bits per heavy atom. The molecule has 0 atom stereocenters. The molecule has 8 heteroatoms. The number of halogens is 1. The van der Waals surface area contributed by atoms with Gasteiger partial charge in [-0.3, -0.25) is 4.79 Å². The third kappa shape index (κ3) is 3.04. The summed E-state index contributed by atoms with van der Waals surface area (Å²) >= 11 is 5.81. The van der Waals surface area contributed by atoms with E-state index < -0.39 is 10.7 Å². The van der Waals surface area contributed by atoms with Gasteiger partial charge >= 0.3 is 5.82 Å². The average molecular weight is 287 g/mol. The molecule has 0 radical (unpaired) electrons. The number of nitrogens with one attached hydrogen (secondary N) is 1. The molecule has 1 aliphatic carbocycles. The molecule has 1 aromatic rings. The maximum Gasteiger partial charge on any atom is 0.408 e. The molecule has 1 aromatic heterocycles. The van der Waals surface area contributed by atoms with Gasteiger partial charge < -0.3 is 15.4 Å². The van der Waals surface area contributed by atoms with Gasteiger partial charge in [-0.1, -0.05) is 24.4 Å². The summed E-state index contributed by atoms with van der Waals surface area (Å²) in [4.78, 5) is 21.9. The molecular weight excluding hydrogens is 272 g/mol. The van der Waals surface area contributed by atoms with Gasteiger partial charge in [0.25, 0.3) is 0 Å². The molecular formula is C11H15ClN4O3. The molecule has 0 spiro atoms. The molecule has 0 unspecified atom stereocenters. The predicted molar refractivity (Wildman–Crippen MR) is 69.0 cm³/mol. The lowest BCUT2D eigenvalue weighted by atomic mass is 10.2. The molecule has 1 amide bonds. The van der Waals surface area contributed by atoms with Gasteiger partial charge in [0.2, 0.25) is 5.91 Å². The van der Waals surface area contributed by atoms with Crippen molar-refractivity contribution in [3.8, 4) is 0 Å². The molecule has 0 aromatic carbocycles. The zero-order valence-corrected chi connectivity index (χ0v) is 11.3. The van der Waals surface area contributed by atoms with Gasteiger partial charge in [0, 0.05) is 6.04 Å². The highest BCUT2D eigenvalue weighted by Crippen LogP contribution is 2.26. The van der Waals surface area contributed by atoms with Crippen molar-refractivity contribution >= 4 is 23.3 Å². The molecule has 0 saturated heterocycles. The van der Waals surface area contributed by atoms with Gasteiger partial charge in [0.15, 0.2) is 5.02 Å². The monoisotopic (exact) mass is 286 g/mol. The van der Waals surface area contributed by atoms with Crippen LogP contribution in [0, 0.1) is 17.0 Å². The van der Waals surface area contributed by atoms with Crippen LogP contribution in [0.4, 0.5) is 5.82 Å². The van der Waals surface area contributed by atoms with Gasteiger partial charge in [-0.25, -0.2) is 0 Å². The van der Waals surface area contributed by atoms with E-state index in [1.807, 2.05) is 0 Å². The minimum Gasteiger partial charge on any atom is -0.358 e. The van der Waals surface area contributed by atoms with Crippen molar-refractivity contribution in [2.75, 3.05) is 0 Å². The molecule has 2 rings (SSSR count). The zero-order valence-electron chi connectivity index (χ0n) is 10.6. The number of nitro groups is 1. The molecule has 1 fully saturated rings. The lowest BCUT2D eigenvalue weighted by Crippen LogP contribution is -2.35. The third-order valence-corrected chi connectivity index (χ3v) is 3.75. The standard InChI is InChI=1S/C11H15ClN4O3/c1-7-10(12)11(16(18)19)14-15(7)6-9(17)13-8-4-2-3-5-8/h8H,2-6H2,1H3,(H,13,17). The van der Waals surface area contributed by atoms with Crippen LogP contribution in [-0.4, -0.2) is 26.7 Å². The van der Waals surface area contributed by atoms with Crippen LogP contribution in [0.2, 0.25) is 5.02 Å². The fraction of sp³-hybridized carbons (Fsp3) is 0.636. The Morgan fingerprint density at radius 1 is 1.58 bits per heavy atom. The van der Waals surface area contributed by atoms with Crippen LogP contribution in [0.5, 0.6) is 0 Å². The van der Waals surface area contributed by atoms with E-state index in [1.165, 1.54) is 4.68 Å². The fourth-order valence-electron chi connectivity index (χ4n) is 2.26. The molecule has 1 saturated carbocycles. The second-order valence-corrected chi connectivity index (χ2v) is 5.06. The van der Waals surface area contributed by atoms with Gasteiger partial charge in [-0.05, 0) is 24.7 Å². The second kappa shape index (κ2) is 5.56. The first kappa shape index (κ1) is 13.8. The first-order valence-corrected chi connectivity index (χ1v) is 6.53. The summed E-state index contributed by atoms with van der Waals surface area (Å²) in [6.45, 7) is 1.56. The van der Waals surface area contributed by atoms with E-state index >= 15 is 0 Å². The minimum absolute atomic E-state index is 0.0151. The highest BCUT2D eigenvalue weighted by molar-refractivity contribution is 6.33. The zero-order chi connectivity index (χ0) is 14.0. The van der Waals surface area contributed by atoms with Crippen molar-refractivity contribution in [3.05, 3.63) is 20.8 Å². The van der Waals surface area contributed by atoms with Crippen LogP contribution >= 0.6 is 11.6 Å². The van der Waals surface area contributed by atoms with Crippen molar-refractivity contribution < 1.29 is 9.72 Å². The van der Waals surface area contributed by atoms with Gasteiger partial charge in [0.05, 0.1) is 10.8 Å². The first-order chi connectivity index (χ1) is 8.99. The minimum atomic E-state index is -0.652. The molecule has 104 valence electrons. The van der Waals surface area contributed by atoms with Gasteiger partial charge in [0.1, 0.15) is 6.54 Å². The summed E-state index contributed by atoms with van der Waals surface area (Å²) in [5, 5.41) is 17.3. The van der Waals surface area contributed by atoms with E-state index in [0.717, 1.165) is 25.7 Å². The van der Waals surface area contributed by atoms with Crippen LogP contribution in [0.1, 0.15) is 31.4 Å². The quantitative estimate of drug-likeness (QED) is 0.675. The summed E-state index contributed by atoms with van der Waals surface area (Å²) in [6.07, 6.45) is 4.24. The van der Waals surface area contributed by atoms with Crippen LogP contribution in [-0.2, 0) is 11.3 Å². The maximum absolute atomic E-state index is 11.8. The van der Waals surface area contributed by atoms with Crippen molar-refractivity contribution in [3.63, 3.8) is 0 Å². The summed E-state index contributed by atoms with van der Waals surface area (Å²) in [5.41, 5.74) is 0.426. The highest BCUT2D eigenvalue weighted by Gasteiger charge is 2.25. The summed E-state index contributed by atoms with van der Waals surface area (Å²) in [5.74, 6) is -0.600. The van der Waals surface area contributed by atoms with Crippen LogP contribution in [0.25, 0.3) is 0 Å². The van der Waals surface area contributed by atoms with Gasteiger partial charge in [-0.15, -0.1) is 0 Å². The number of aromatic nitrogens is 2. The van der Waals surface area contributed by atoms with Gasteiger partial charge in [-0.2, -0.15) is 4.68 Å². The Kier molecular flexibility index (Phi) is 4.04. The Bertz CT molecular complexity index is 508. The second-order valence-electron chi connectivity index (χ2n) is 4.69. The topological polar surface area (TPSA) is 90.1 Å². The Hall–Kier alpha value is -1.63. The Morgan fingerprint density at radius 2 is 2.21 bits per heavy atom. The van der Waals surface area contributed by atoms with E-state index in [4.69, 9.17) is 11.6 Å². The summed E-state index contributed by atoms with van der Waals surface area (Å²) in [7, 11) is 0. The third-order valence-electron chi connectivity index (χ3n) is 3.30. The number of rotatable bonds is 4. The van der Waals surface area contributed by atoms with E-state index in [2.05, 4.69) is 10.4 Å². The fourth-order valence-corrected chi connectivity index (χ4v) is 2.46. The number of hydrogen-bond acceptors (Lipinski definition) is 4.